The summed E-state index contributed by atoms with van der Waals surface area (Å²) >= 11 is 0. The van der Waals surface area contributed by atoms with E-state index >= 15 is 0 Å². The van der Waals surface area contributed by atoms with E-state index in [2.05, 4.69) is 4.98 Å². The van der Waals surface area contributed by atoms with Crippen molar-refractivity contribution in [2.75, 3.05) is 13.2 Å². The zero-order chi connectivity index (χ0) is 14.3. The highest BCUT2D eigenvalue weighted by molar-refractivity contribution is 5.12. The number of rotatable bonds is 4. The maximum atomic E-state index is 12.1. The lowest BCUT2D eigenvalue weighted by Gasteiger charge is -2.20. The van der Waals surface area contributed by atoms with Crippen LogP contribution in [0, 0.1) is 5.41 Å². The third kappa shape index (κ3) is 1.93. The van der Waals surface area contributed by atoms with Crippen LogP contribution in [-0.4, -0.2) is 45.2 Å². The number of nitrogens with zero attached hydrogens (tertiary/aromatic N) is 2. The van der Waals surface area contributed by atoms with Gasteiger partial charge >= 0.3 is 5.69 Å². The van der Waals surface area contributed by atoms with E-state index in [9.17, 15) is 15.0 Å². The van der Waals surface area contributed by atoms with Crippen LogP contribution in [0.1, 0.15) is 26.0 Å². The van der Waals surface area contributed by atoms with Crippen LogP contribution >= 0.6 is 0 Å². The Balaban J connectivity index is 1.92. The van der Waals surface area contributed by atoms with Crippen LogP contribution in [0.15, 0.2) is 17.1 Å². The van der Waals surface area contributed by atoms with Gasteiger partial charge in [-0.15, -0.1) is 0 Å². The molecule has 1 aliphatic carbocycles. The van der Waals surface area contributed by atoms with Crippen molar-refractivity contribution in [2.24, 2.45) is 5.41 Å². The molecule has 0 unspecified atom stereocenters. The zero-order valence-electron chi connectivity index (χ0n) is 11.2. The van der Waals surface area contributed by atoms with Crippen molar-refractivity contribution < 1.29 is 19.7 Å². The fraction of sp³-hybridized carbons (Fsp3) is 0.692. The van der Waals surface area contributed by atoms with Crippen molar-refractivity contribution in [3.05, 3.63) is 22.7 Å². The van der Waals surface area contributed by atoms with Gasteiger partial charge in [-0.2, -0.15) is 4.98 Å². The molecule has 1 aromatic heterocycles. The van der Waals surface area contributed by atoms with Gasteiger partial charge in [0.25, 0.3) is 0 Å². The van der Waals surface area contributed by atoms with Crippen molar-refractivity contribution in [1.29, 1.82) is 0 Å². The topological polar surface area (TPSA) is 93.8 Å². The molecule has 0 amide bonds. The van der Waals surface area contributed by atoms with Gasteiger partial charge in [0, 0.05) is 17.7 Å². The minimum Gasteiger partial charge on any atom is -0.478 e. The summed E-state index contributed by atoms with van der Waals surface area (Å²) in [4.78, 5) is 15.9. The fourth-order valence-corrected chi connectivity index (χ4v) is 2.87. The van der Waals surface area contributed by atoms with Gasteiger partial charge in [0.1, 0.15) is 12.3 Å². The molecule has 0 radical (unpaired) electrons. The monoisotopic (exact) mass is 282 g/mol. The smallest absolute Gasteiger partial charge is 0.352 e. The summed E-state index contributed by atoms with van der Waals surface area (Å²) in [6.45, 7) is 1.99. The highest BCUT2D eigenvalue weighted by Gasteiger charge is 2.64. The normalized spacial score (nSPS) is 30.6. The van der Waals surface area contributed by atoms with E-state index < -0.39 is 29.5 Å². The predicted molar refractivity (Wildman–Crippen MR) is 68.3 cm³/mol. The lowest BCUT2D eigenvalue weighted by Crippen LogP contribution is -2.33. The van der Waals surface area contributed by atoms with Gasteiger partial charge in [-0.05, 0) is 19.8 Å². The molecule has 1 spiro atoms. The van der Waals surface area contributed by atoms with E-state index in [4.69, 9.17) is 9.47 Å². The standard InChI is InChI=1S/C13H18N2O5/c1-2-19-9-3-6-15(12(18)14-9)11-13(4-5-13)10(17)8(7-16)20-11/h3,6,8,10-11,16-17H,2,4-5,7H2,1H3/t8-,10-,11-/m1/s1. The van der Waals surface area contributed by atoms with Gasteiger partial charge in [0.15, 0.2) is 0 Å². The molecule has 1 saturated heterocycles. The maximum absolute atomic E-state index is 12.1. The quantitative estimate of drug-likeness (QED) is 0.785. The fourth-order valence-electron chi connectivity index (χ4n) is 2.87. The maximum Gasteiger partial charge on any atom is 0.352 e. The van der Waals surface area contributed by atoms with E-state index in [1.807, 2.05) is 6.92 Å². The molecule has 2 heterocycles. The molecule has 2 aliphatic rings. The molecule has 0 aromatic carbocycles. The molecule has 20 heavy (non-hydrogen) atoms. The molecule has 1 aromatic rings. The van der Waals surface area contributed by atoms with Crippen LogP contribution in [0.25, 0.3) is 0 Å². The van der Waals surface area contributed by atoms with Crippen LogP contribution in [-0.2, 0) is 4.74 Å². The second-order valence-corrected chi connectivity index (χ2v) is 5.28. The predicted octanol–water partition coefficient (Wildman–Crippen LogP) is -0.327. The van der Waals surface area contributed by atoms with Crippen LogP contribution in [0.5, 0.6) is 5.88 Å². The van der Waals surface area contributed by atoms with Gasteiger partial charge in [0.2, 0.25) is 5.88 Å². The summed E-state index contributed by atoms with van der Waals surface area (Å²) in [6, 6.07) is 1.60. The van der Waals surface area contributed by atoms with E-state index in [0.29, 0.717) is 6.61 Å². The second kappa shape index (κ2) is 4.83. The van der Waals surface area contributed by atoms with Crippen molar-refractivity contribution in [2.45, 2.75) is 38.2 Å². The highest BCUT2D eigenvalue weighted by atomic mass is 16.5. The Morgan fingerprint density at radius 2 is 2.35 bits per heavy atom. The third-order valence-electron chi connectivity index (χ3n) is 4.09. The molecule has 7 nitrogen and oxygen atoms in total. The van der Waals surface area contributed by atoms with Crippen LogP contribution in [0.4, 0.5) is 0 Å². The highest BCUT2D eigenvalue weighted by Crippen LogP contribution is 2.62. The molecule has 7 heteroatoms. The van der Waals surface area contributed by atoms with Crippen LogP contribution < -0.4 is 10.4 Å². The van der Waals surface area contributed by atoms with Crippen molar-refractivity contribution in [3.63, 3.8) is 0 Å². The van der Waals surface area contributed by atoms with Gasteiger partial charge in [-0.3, -0.25) is 4.57 Å². The van der Waals surface area contributed by atoms with Crippen LogP contribution in [0.3, 0.4) is 0 Å². The van der Waals surface area contributed by atoms with Crippen molar-refractivity contribution in [3.8, 4) is 5.88 Å². The average Bonchev–Trinajstić information content (AvgIpc) is 3.17. The van der Waals surface area contributed by atoms with E-state index in [1.54, 1.807) is 12.3 Å². The Morgan fingerprint density at radius 3 is 2.90 bits per heavy atom. The molecule has 2 N–H and O–H groups in total. The summed E-state index contributed by atoms with van der Waals surface area (Å²) < 4.78 is 12.2. The summed E-state index contributed by atoms with van der Waals surface area (Å²) in [7, 11) is 0. The molecule has 3 atom stereocenters. The molecule has 110 valence electrons. The van der Waals surface area contributed by atoms with E-state index in [1.165, 1.54) is 4.57 Å². The summed E-state index contributed by atoms with van der Waals surface area (Å²) in [5.41, 5.74) is -0.940. The Bertz CT molecular complexity index is 554. The lowest BCUT2D eigenvalue weighted by atomic mass is 9.96. The zero-order valence-corrected chi connectivity index (χ0v) is 11.2. The van der Waals surface area contributed by atoms with Gasteiger partial charge in [-0.1, -0.05) is 0 Å². The molecule has 0 bridgehead atoms. The average molecular weight is 282 g/mol. The van der Waals surface area contributed by atoms with E-state index in [0.717, 1.165) is 12.8 Å². The number of aliphatic hydroxyl groups excluding tert-OH is 2. The number of hydrogen-bond donors (Lipinski definition) is 2. The van der Waals surface area contributed by atoms with Crippen molar-refractivity contribution >= 4 is 0 Å². The molecule has 2 fully saturated rings. The molecule has 1 saturated carbocycles. The summed E-state index contributed by atoms with van der Waals surface area (Å²) in [6.07, 6.45) is 1.13. The third-order valence-corrected chi connectivity index (χ3v) is 4.09. The largest absolute Gasteiger partial charge is 0.478 e. The first-order chi connectivity index (χ1) is 9.62. The van der Waals surface area contributed by atoms with Crippen LogP contribution in [0.2, 0.25) is 0 Å². The first kappa shape index (κ1) is 13.5. The molecule has 3 rings (SSSR count). The Labute approximate surface area is 115 Å². The first-order valence-electron chi connectivity index (χ1n) is 6.79. The van der Waals surface area contributed by atoms with Gasteiger partial charge in [0.05, 0.1) is 19.3 Å². The summed E-state index contributed by atoms with van der Waals surface area (Å²) in [5.74, 6) is 0.274. The molecular formula is C13H18N2O5. The summed E-state index contributed by atoms with van der Waals surface area (Å²) in [5, 5.41) is 19.4. The molecular weight excluding hydrogens is 264 g/mol. The Morgan fingerprint density at radius 1 is 1.60 bits per heavy atom. The Hall–Kier alpha value is -1.44. The number of aliphatic hydroxyl groups is 2. The lowest BCUT2D eigenvalue weighted by molar-refractivity contribution is -0.0491. The minimum absolute atomic E-state index is 0.265. The number of hydrogen-bond acceptors (Lipinski definition) is 6. The van der Waals surface area contributed by atoms with Crippen molar-refractivity contribution in [1.82, 2.24) is 9.55 Å². The van der Waals surface area contributed by atoms with E-state index in [-0.39, 0.29) is 12.5 Å². The number of aromatic nitrogens is 2. The first-order valence-corrected chi connectivity index (χ1v) is 6.79. The van der Waals surface area contributed by atoms with Gasteiger partial charge in [-0.25, -0.2) is 4.79 Å². The molecule has 1 aliphatic heterocycles. The number of ether oxygens (including phenoxy) is 2. The Kier molecular flexibility index (Phi) is 3.27. The van der Waals surface area contributed by atoms with Gasteiger partial charge < -0.3 is 19.7 Å². The SMILES string of the molecule is CCOc1ccn([C@@H]2O[C@H](CO)[C@@H](O)C23CC3)c(=O)n1. The second-order valence-electron chi connectivity index (χ2n) is 5.28. The minimum atomic E-state index is -0.754.